The Hall–Kier alpha value is -1.81. The lowest BCUT2D eigenvalue weighted by molar-refractivity contribution is -0.131. The Morgan fingerprint density at radius 1 is 1.44 bits per heavy atom. The predicted octanol–water partition coefficient (Wildman–Crippen LogP) is 2.22. The number of benzene rings is 1. The highest BCUT2D eigenvalue weighted by atomic mass is 35.5. The van der Waals surface area contributed by atoms with Crippen LogP contribution in [-0.2, 0) is 9.53 Å². The van der Waals surface area contributed by atoms with E-state index in [1.807, 2.05) is 0 Å². The third-order valence-corrected chi connectivity index (χ3v) is 2.06. The van der Waals surface area contributed by atoms with E-state index in [0.29, 0.717) is 10.6 Å². The first kappa shape index (κ1) is 12.3. The average Bonchev–Trinajstić information content (AvgIpc) is 2.25. The predicted molar refractivity (Wildman–Crippen MR) is 59.5 cm³/mol. The van der Waals surface area contributed by atoms with Gasteiger partial charge in [-0.3, -0.25) is 0 Å². The monoisotopic (exact) mass is 240 g/mol. The van der Waals surface area contributed by atoms with Crippen molar-refractivity contribution in [1.29, 1.82) is 0 Å². The molecule has 0 spiro atoms. The molecular formula is C11H9ClO4. The lowest BCUT2D eigenvalue weighted by Gasteiger charge is -2.04. The summed E-state index contributed by atoms with van der Waals surface area (Å²) in [7, 11) is 1.25. The number of carboxylic acids is 1. The maximum atomic E-state index is 11.3. The van der Waals surface area contributed by atoms with E-state index < -0.39 is 11.9 Å². The van der Waals surface area contributed by atoms with Crippen molar-refractivity contribution in [3.05, 3.63) is 40.4 Å². The Balaban J connectivity index is 3.18. The Kier molecular flexibility index (Phi) is 4.08. The fourth-order valence-corrected chi connectivity index (χ4v) is 1.31. The molecule has 0 aliphatic heterocycles. The summed E-state index contributed by atoms with van der Waals surface area (Å²) in [6.07, 6.45) is 2.22. The summed E-state index contributed by atoms with van der Waals surface area (Å²) in [5.41, 5.74) is 0.672. The second kappa shape index (κ2) is 5.32. The first-order valence-corrected chi connectivity index (χ1v) is 4.71. The Labute approximate surface area is 97.1 Å². The van der Waals surface area contributed by atoms with Crippen molar-refractivity contribution in [2.24, 2.45) is 0 Å². The number of aliphatic carboxylic acids is 1. The highest BCUT2D eigenvalue weighted by Crippen LogP contribution is 2.18. The van der Waals surface area contributed by atoms with Crippen LogP contribution in [0.1, 0.15) is 15.9 Å². The first-order valence-electron chi connectivity index (χ1n) is 4.33. The van der Waals surface area contributed by atoms with Crippen LogP contribution < -0.4 is 0 Å². The van der Waals surface area contributed by atoms with Gasteiger partial charge in [0.25, 0.3) is 0 Å². The van der Waals surface area contributed by atoms with Crippen molar-refractivity contribution >= 4 is 29.6 Å². The molecule has 1 N–H and O–H groups in total. The van der Waals surface area contributed by atoms with Crippen molar-refractivity contribution in [3.8, 4) is 0 Å². The van der Waals surface area contributed by atoms with Gasteiger partial charge in [0.2, 0.25) is 0 Å². The Morgan fingerprint density at radius 2 is 2.12 bits per heavy atom. The number of carbonyl (C=O) groups is 2. The molecule has 0 atom stereocenters. The van der Waals surface area contributed by atoms with Gasteiger partial charge in [-0.05, 0) is 29.8 Å². The summed E-state index contributed by atoms with van der Waals surface area (Å²) in [4.78, 5) is 21.7. The van der Waals surface area contributed by atoms with Gasteiger partial charge in [0.15, 0.2) is 0 Å². The normalized spacial score (nSPS) is 10.4. The van der Waals surface area contributed by atoms with Crippen LogP contribution in [0, 0.1) is 0 Å². The van der Waals surface area contributed by atoms with Gasteiger partial charge in [0, 0.05) is 11.1 Å². The molecule has 0 saturated carbocycles. The quantitative estimate of drug-likeness (QED) is 0.650. The van der Waals surface area contributed by atoms with Crippen molar-refractivity contribution in [3.63, 3.8) is 0 Å². The van der Waals surface area contributed by atoms with Crippen molar-refractivity contribution < 1.29 is 19.4 Å². The van der Waals surface area contributed by atoms with Gasteiger partial charge in [-0.15, -0.1) is 0 Å². The summed E-state index contributed by atoms with van der Waals surface area (Å²) in [6, 6.07) is 4.51. The average molecular weight is 241 g/mol. The minimum Gasteiger partial charge on any atom is -0.478 e. The minimum atomic E-state index is -1.10. The number of rotatable bonds is 3. The van der Waals surface area contributed by atoms with Gasteiger partial charge in [-0.2, -0.15) is 0 Å². The fourth-order valence-electron chi connectivity index (χ4n) is 1.13. The van der Waals surface area contributed by atoms with Gasteiger partial charge >= 0.3 is 11.9 Å². The van der Waals surface area contributed by atoms with Crippen LogP contribution in [-0.4, -0.2) is 24.2 Å². The Morgan fingerprint density at radius 3 is 2.69 bits per heavy atom. The SMILES string of the molecule is COC(=O)c1ccc(Cl)cc1C=CC(=O)O. The molecule has 0 aromatic heterocycles. The number of carboxylic acid groups (broad SMARTS) is 1. The van der Waals surface area contributed by atoms with Gasteiger partial charge in [0.1, 0.15) is 0 Å². The van der Waals surface area contributed by atoms with Crippen molar-refractivity contribution in [1.82, 2.24) is 0 Å². The second-order valence-electron chi connectivity index (χ2n) is 2.89. The van der Waals surface area contributed by atoms with E-state index in [1.54, 1.807) is 0 Å². The summed E-state index contributed by atoms with van der Waals surface area (Å²) in [5, 5.41) is 8.91. The van der Waals surface area contributed by atoms with Gasteiger partial charge in [0.05, 0.1) is 12.7 Å². The Bertz CT molecular complexity index is 451. The minimum absolute atomic E-state index is 0.268. The van der Waals surface area contributed by atoms with Crippen LogP contribution in [0.3, 0.4) is 0 Å². The molecule has 84 valence electrons. The van der Waals surface area contributed by atoms with E-state index in [9.17, 15) is 9.59 Å². The number of hydrogen-bond acceptors (Lipinski definition) is 3. The van der Waals surface area contributed by atoms with E-state index in [2.05, 4.69) is 4.74 Å². The number of carbonyl (C=O) groups excluding carboxylic acids is 1. The molecular weight excluding hydrogens is 232 g/mol. The standard InChI is InChI=1S/C11H9ClO4/c1-16-11(15)9-4-3-8(12)6-7(9)2-5-10(13)14/h2-6H,1H3,(H,13,14). The molecule has 0 fully saturated rings. The zero-order valence-electron chi connectivity index (χ0n) is 8.44. The number of hydrogen-bond donors (Lipinski definition) is 1. The third kappa shape index (κ3) is 3.10. The van der Waals surface area contributed by atoms with Crippen LogP contribution >= 0.6 is 11.6 Å². The van der Waals surface area contributed by atoms with Crippen molar-refractivity contribution in [2.45, 2.75) is 0 Å². The topological polar surface area (TPSA) is 63.6 Å². The summed E-state index contributed by atoms with van der Waals surface area (Å²) in [5.74, 6) is -1.64. The van der Waals surface area contributed by atoms with Crippen LogP contribution in [0.4, 0.5) is 0 Å². The summed E-state index contributed by atoms with van der Waals surface area (Å²) >= 11 is 5.75. The molecule has 0 heterocycles. The smallest absolute Gasteiger partial charge is 0.338 e. The van der Waals surface area contributed by atoms with Crippen LogP contribution in [0.5, 0.6) is 0 Å². The molecule has 1 aromatic rings. The fraction of sp³-hybridized carbons (Fsp3) is 0.0909. The molecule has 4 nitrogen and oxygen atoms in total. The molecule has 1 rings (SSSR count). The molecule has 0 amide bonds. The number of halogens is 1. The number of esters is 1. The molecule has 16 heavy (non-hydrogen) atoms. The van der Waals surface area contributed by atoms with Crippen LogP contribution in [0.15, 0.2) is 24.3 Å². The van der Waals surface area contributed by atoms with Crippen LogP contribution in [0.25, 0.3) is 6.08 Å². The number of methoxy groups -OCH3 is 1. The van der Waals surface area contributed by atoms with E-state index >= 15 is 0 Å². The van der Waals surface area contributed by atoms with Gasteiger partial charge < -0.3 is 9.84 Å². The molecule has 0 unspecified atom stereocenters. The molecule has 5 heteroatoms. The maximum absolute atomic E-state index is 11.3. The third-order valence-electron chi connectivity index (χ3n) is 1.82. The summed E-state index contributed by atoms with van der Waals surface area (Å²) < 4.78 is 4.56. The van der Waals surface area contributed by atoms with Gasteiger partial charge in [-0.1, -0.05) is 11.6 Å². The number of ether oxygens (including phenoxy) is 1. The largest absolute Gasteiger partial charge is 0.478 e. The highest BCUT2D eigenvalue weighted by molar-refractivity contribution is 6.30. The molecule has 0 aliphatic rings. The van der Waals surface area contributed by atoms with Crippen molar-refractivity contribution in [2.75, 3.05) is 7.11 Å². The van der Waals surface area contributed by atoms with E-state index in [0.717, 1.165) is 6.08 Å². The highest BCUT2D eigenvalue weighted by Gasteiger charge is 2.10. The molecule has 1 aromatic carbocycles. The molecule has 0 bridgehead atoms. The zero-order chi connectivity index (χ0) is 12.1. The van der Waals surface area contributed by atoms with Crippen LogP contribution in [0.2, 0.25) is 5.02 Å². The zero-order valence-corrected chi connectivity index (χ0v) is 9.19. The maximum Gasteiger partial charge on any atom is 0.338 e. The molecule has 0 radical (unpaired) electrons. The molecule has 0 aliphatic carbocycles. The summed E-state index contributed by atoms with van der Waals surface area (Å²) in [6.45, 7) is 0. The molecule has 0 saturated heterocycles. The van der Waals surface area contributed by atoms with E-state index in [4.69, 9.17) is 16.7 Å². The first-order chi connectivity index (χ1) is 7.54. The lowest BCUT2D eigenvalue weighted by atomic mass is 10.1. The van der Waals surface area contributed by atoms with Gasteiger partial charge in [-0.25, -0.2) is 9.59 Å². The lowest BCUT2D eigenvalue weighted by Crippen LogP contribution is -2.03. The second-order valence-corrected chi connectivity index (χ2v) is 3.33. The van der Waals surface area contributed by atoms with E-state index in [1.165, 1.54) is 31.4 Å². The van der Waals surface area contributed by atoms with E-state index in [-0.39, 0.29) is 5.56 Å².